The molecule has 1 atom stereocenters. The van der Waals surface area contributed by atoms with Gasteiger partial charge in [0.2, 0.25) is 0 Å². The largest absolute Gasteiger partial charge is 0.399 e. The highest BCUT2D eigenvalue weighted by Gasteiger charge is 2.38. The third-order valence-electron chi connectivity index (χ3n) is 8.75. The summed E-state index contributed by atoms with van der Waals surface area (Å²) in [7, 11) is 8.39. The van der Waals surface area contributed by atoms with E-state index >= 15 is 0 Å². The molecule has 1 unspecified atom stereocenters. The van der Waals surface area contributed by atoms with Crippen LogP contribution in [0.25, 0.3) is 6.08 Å². The summed E-state index contributed by atoms with van der Waals surface area (Å²) in [6, 6.07) is 10.6. The predicted molar refractivity (Wildman–Crippen MR) is 198 cm³/mol. The van der Waals surface area contributed by atoms with Crippen molar-refractivity contribution in [2.24, 2.45) is 21.8 Å². The molecule has 2 fully saturated rings. The third kappa shape index (κ3) is 13.1. The van der Waals surface area contributed by atoms with Gasteiger partial charge in [-0.25, -0.2) is 9.98 Å². The fourth-order valence-corrected chi connectivity index (χ4v) is 6.02. The van der Waals surface area contributed by atoms with E-state index in [1.54, 1.807) is 18.2 Å². The molecule has 3 aliphatic rings. The number of nitrogens with zero attached hydrogens (tertiary/aromatic N) is 6. The molecule has 1 aromatic carbocycles. The van der Waals surface area contributed by atoms with Gasteiger partial charge >= 0.3 is 6.18 Å². The summed E-state index contributed by atoms with van der Waals surface area (Å²) in [4.78, 5) is 20.1. The first-order valence-corrected chi connectivity index (χ1v) is 17.4. The second kappa shape index (κ2) is 19.2. The van der Waals surface area contributed by atoms with Crippen LogP contribution < -0.4 is 4.90 Å². The van der Waals surface area contributed by atoms with E-state index in [4.69, 9.17) is 11.6 Å². The fraction of sp³-hybridized carbons (Fsp3) is 0.553. The van der Waals surface area contributed by atoms with Gasteiger partial charge in [0.25, 0.3) is 0 Å². The van der Waals surface area contributed by atoms with E-state index < -0.39 is 12.1 Å². The molecule has 0 bridgehead atoms. The molecular weight excluding hydrogens is 633 g/mol. The Labute approximate surface area is 291 Å². The van der Waals surface area contributed by atoms with Crippen LogP contribution in [0.15, 0.2) is 65.6 Å². The number of aliphatic imine (C=N–C) groups is 2. The molecule has 0 N–H and O–H groups in total. The van der Waals surface area contributed by atoms with Crippen molar-refractivity contribution in [3.05, 3.63) is 77.5 Å². The molecule has 2 aliphatic heterocycles. The number of piperidine rings is 1. The van der Waals surface area contributed by atoms with Crippen molar-refractivity contribution in [1.29, 1.82) is 0 Å². The number of anilines is 1. The lowest BCUT2D eigenvalue weighted by atomic mass is 9.92. The van der Waals surface area contributed by atoms with Gasteiger partial charge in [0, 0.05) is 24.4 Å². The number of pyridine rings is 1. The Morgan fingerprint density at radius 1 is 1.02 bits per heavy atom. The highest BCUT2D eigenvalue weighted by molar-refractivity contribution is 6.31. The molecule has 264 valence electrons. The standard InChI is InChI=1S/C17H26ClN3.C12H13F3.C9H15N3/c1-4-15-7-8-16(19-17(15)18)21-12-9-14(10-13-21)6-5-11-20(2)3;1-3-9-6-5-7-10(8-9)11(4-2)12(13,14)15;1-12(2)6-9-10-5-8(11-9)7-3-4-7/h4,7-8,14H,1,5-6,9-13H2,2-3H3;4-8,11H,2-3H2,1H3;7H,3-6H2,1-2H3. The normalized spacial score (nSPS) is 17.2. The molecule has 1 saturated carbocycles. The van der Waals surface area contributed by atoms with Crippen molar-refractivity contribution < 1.29 is 13.2 Å². The van der Waals surface area contributed by atoms with Gasteiger partial charge in [-0.2, -0.15) is 13.2 Å². The molecule has 0 radical (unpaired) electrons. The lowest BCUT2D eigenvalue weighted by molar-refractivity contribution is -0.139. The summed E-state index contributed by atoms with van der Waals surface area (Å²) in [5.74, 6) is 2.10. The first-order chi connectivity index (χ1) is 22.8. The maximum atomic E-state index is 12.6. The van der Waals surface area contributed by atoms with Crippen LogP contribution in [0.4, 0.5) is 19.0 Å². The Hall–Kier alpha value is -3.01. The summed E-state index contributed by atoms with van der Waals surface area (Å²) in [5, 5.41) is 0.551. The molecular formula is C38H54ClF3N6. The number of allylic oxidation sites excluding steroid dienone is 1. The molecule has 1 aromatic heterocycles. The molecule has 0 amide bonds. The number of amidine groups is 1. The zero-order valence-corrected chi connectivity index (χ0v) is 30.2. The van der Waals surface area contributed by atoms with Crippen molar-refractivity contribution in [3.63, 3.8) is 0 Å². The number of hydrogen-bond donors (Lipinski definition) is 0. The second-order valence-corrected chi connectivity index (χ2v) is 13.7. The van der Waals surface area contributed by atoms with Gasteiger partial charge in [-0.05, 0) is 115 Å². The number of likely N-dealkylation sites (N-methyl/N-ethyl adjacent to an activating group) is 1. The average molecular weight is 687 g/mol. The fourth-order valence-electron chi connectivity index (χ4n) is 5.79. The first kappa shape index (κ1) is 39.4. The molecule has 6 nitrogen and oxygen atoms in total. The van der Waals surface area contributed by atoms with Crippen molar-refractivity contribution in [3.8, 4) is 0 Å². The first-order valence-electron chi connectivity index (χ1n) is 17.1. The minimum Gasteiger partial charge on any atom is -0.357 e. The van der Waals surface area contributed by atoms with Crippen molar-refractivity contribution in [2.45, 2.75) is 64.0 Å². The Balaban J connectivity index is 0.000000204. The van der Waals surface area contributed by atoms with E-state index in [9.17, 15) is 13.2 Å². The van der Waals surface area contributed by atoms with E-state index in [-0.39, 0.29) is 5.56 Å². The average Bonchev–Trinajstić information content (AvgIpc) is 3.80. The van der Waals surface area contributed by atoms with Crippen LogP contribution >= 0.6 is 11.6 Å². The van der Waals surface area contributed by atoms with Crippen LogP contribution in [0.5, 0.6) is 0 Å². The smallest absolute Gasteiger partial charge is 0.357 e. The van der Waals surface area contributed by atoms with Crippen molar-refractivity contribution >= 4 is 35.0 Å². The van der Waals surface area contributed by atoms with Crippen LogP contribution in [0, 0.1) is 11.8 Å². The quantitative estimate of drug-likeness (QED) is 0.165. The monoisotopic (exact) mass is 686 g/mol. The number of halogens is 4. The number of benzene rings is 1. The molecule has 0 spiro atoms. The zero-order chi connectivity index (χ0) is 35.3. The van der Waals surface area contributed by atoms with E-state index in [0.717, 1.165) is 73.3 Å². The topological polar surface area (TPSA) is 47.3 Å². The van der Waals surface area contributed by atoms with Crippen LogP contribution in [-0.4, -0.2) is 93.4 Å². The summed E-state index contributed by atoms with van der Waals surface area (Å²) >= 11 is 6.16. The van der Waals surface area contributed by atoms with Gasteiger partial charge in [-0.15, -0.1) is 6.58 Å². The van der Waals surface area contributed by atoms with E-state index in [1.165, 1.54) is 56.8 Å². The Morgan fingerprint density at radius 3 is 2.27 bits per heavy atom. The Morgan fingerprint density at radius 2 is 1.73 bits per heavy atom. The SMILES string of the molecule is C=CC(c1cccc(CC)c1)C(F)(F)F.C=Cc1ccc(N2CCC(CCCN(C)C)CC2)nc1Cl.CN(C)CC1=NCC(C2CC2)=N1. The summed E-state index contributed by atoms with van der Waals surface area (Å²) in [6.07, 6.45) is 7.00. The second-order valence-electron chi connectivity index (χ2n) is 13.3. The number of alkyl halides is 3. The van der Waals surface area contributed by atoms with Gasteiger partial charge in [0.15, 0.2) is 0 Å². The summed E-state index contributed by atoms with van der Waals surface area (Å²) < 4.78 is 37.7. The van der Waals surface area contributed by atoms with E-state index in [2.05, 4.69) is 63.0 Å². The molecule has 1 aliphatic carbocycles. The number of aromatic nitrogens is 1. The molecule has 3 heterocycles. The lowest BCUT2D eigenvalue weighted by Gasteiger charge is -2.33. The number of rotatable bonds is 12. The van der Waals surface area contributed by atoms with Gasteiger partial charge < -0.3 is 14.7 Å². The summed E-state index contributed by atoms with van der Waals surface area (Å²) in [5.41, 5.74) is 3.39. The van der Waals surface area contributed by atoms with Crippen molar-refractivity contribution in [2.75, 3.05) is 65.8 Å². The minimum absolute atomic E-state index is 0.261. The highest BCUT2D eigenvalue weighted by atomic mass is 35.5. The number of aryl methyl sites for hydroxylation is 1. The molecule has 10 heteroatoms. The minimum atomic E-state index is -4.26. The van der Waals surface area contributed by atoms with Crippen molar-refractivity contribution in [1.82, 2.24) is 14.8 Å². The van der Waals surface area contributed by atoms with Crippen LogP contribution in [0.2, 0.25) is 5.15 Å². The maximum absolute atomic E-state index is 12.6. The van der Waals surface area contributed by atoms with E-state index in [1.807, 2.05) is 33.2 Å². The van der Waals surface area contributed by atoms with Gasteiger partial charge in [-0.3, -0.25) is 4.99 Å². The highest BCUT2D eigenvalue weighted by Crippen LogP contribution is 2.36. The summed E-state index contributed by atoms with van der Waals surface area (Å²) in [6.45, 7) is 14.0. The van der Waals surface area contributed by atoms with Crippen LogP contribution in [-0.2, 0) is 6.42 Å². The predicted octanol–water partition coefficient (Wildman–Crippen LogP) is 8.83. The Kier molecular flexibility index (Phi) is 15.8. The van der Waals surface area contributed by atoms with Crippen LogP contribution in [0.1, 0.15) is 68.1 Å². The van der Waals surface area contributed by atoms with Crippen LogP contribution in [0.3, 0.4) is 0 Å². The lowest BCUT2D eigenvalue weighted by Crippen LogP contribution is -2.34. The Bertz CT molecular complexity index is 1370. The molecule has 1 saturated heterocycles. The van der Waals surface area contributed by atoms with E-state index in [0.29, 0.717) is 5.15 Å². The maximum Gasteiger partial charge on any atom is 0.399 e. The zero-order valence-electron chi connectivity index (χ0n) is 29.4. The van der Waals surface area contributed by atoms with Gasteiger partial charge in [-0.1, -0.05) is 61.5 Å². The third-order valence-corrected chi connectivity index (χ3v) is 9.05. The molecule has 48 heavy (non-hydrogen) atoms. The number of hydrogen-bond acceptors (Lipinski definition) is 6. The molecule has 5 rings (SSSR count). The van der Waals surface area contributed by atoms with Gasteiger partial charge in [0.1, 0.15) is 16.8 Å². The molecule has 2 aromatic rings. The van der Waals surface area contributed by atoms with Gasteiger partial charge in [0.05, 0.1) is 19.0 Å².